The largest absolute Gasteiger partial charge is 0.338 e. The van der Waals surface area contributed by atoms with Crippen molar-refractivity contribution in [3.8, 4) is 0 Å². The highest BCUT2D eigenvalue weighted by Crippen LogP contribution is 2.29. The summed E-state index contributed by atoms with van der Waals surface area (Å²) in [4.78, 5) is 21.0. The Bertz CT molecular complexity index is 461. The van der Waals surface area contributed by atoms with E-state index in [4.69, 9.17) is 0 Å². The van der Waals surface area contributed by atoms with Gasteiger partial charge in [0.25, 0.3) is 0 Å². The zero-order valence-corrected chi connectivity index (χ0v) is 12.8. The first-order chi connectivity index (χ1) is 10.3. The number of carbonyl (C=O) groups excluding carboxylic acids is 1. The Hall–Kier alpha value is -1.43. The molecule has 0 aliphatic carbocycles. The van der Waals surface area contributed by atoms with Gasteiger partial charge in [-0.15, -0.1) is 0 Å². The van der Waals surface area contributed by atoms with Crippen molar-refractivity contribution in [3.63, 3.8) is 0 Å². The molecule has 0 N–H and O–H groups in total. The molecule has 2 saturated heterocycles. The first-order valence-corrected chi connectivity index (χ1v) is 8.08. The number of nitrogens with zero attached hydrogens (tertiary/aromatic N) is 5. The summed E-state index contributed by atoms with van der Waals surface area (Å²) in [6.45, 7) is 2.89. The smallest absolute Gasteiger partial charge is 0.222 e. The summed E-state index contributed by atoms with van der Waals surface area (Å²) in [5.41, 5.74) is 0. The topological polar surface area (TPSA) is 54.3 Å². The molecule has 1 aromatic heterocycles. The molecule has 0 bridgehead atoms. The van der Waals surface area contributed by atoms with Gasteiger partial charge < -0.3 is 9.80 Å². The van der Waals surface area contributed by atoms with Crippen LogP contribution in [0.4, 0.5) is 0 Å². The van der Waals surface area contributed by atoms with Crippen LogP contribution in [-0.4, -0.2) is 62.7 Å². The summed E-state index contributed by atoms with van der Waals surface area (Å²) in [5, 5.41) is 4.07. The quantitative estimate of drug-likeness (QED) is 0.816. The Morgan fingerprint density at radius 2 is 2.05 bits per heavy atom. The van der Waals surface area contributed by atoms with Crippen LogP contribution in [0.15, 0.2) is 12.7 Å². The first kappa shape index (κ1) is 14.5. The van der Waals surface area contributed by atoms with Crippen LogP contribution >= 0.6 is 0 Å². The SMILES string of the molecule is CN1CCC[C@@H]1[C@H]1CCCN1C(=O)CCCn1cncn1. The van der Waals surface area contributed by atoms with E-state index in [2.05, 4.69) is 26.9 Å². The van der Waals surface area contributed by atoms with Gasteiger partial charge in [-0.05, 0) is 45.7 Å². The molecule has 116 valence electrons. The van der Waals surface area contributed by atoms with E-state index >= 15 is 0 Å². The third-order valence-electron chi connectivity index (χ3n) is 4.89. The number of hydrogen-bond acceptors (Lipinski definition) is 4. The highest BCUT2D eigenvalue weighted by molar-refractivity contribution is 5.76. The van der Waals surface area contributed by atoms with Gasteiger partial charge in [0.05, 0.1) is 0 Å². The molecule has 0 unspecified atom stereocenters. The van der Waals surface area contributed by atoms with Gasteiger partial charge in [0.15, 0.2) is 0 Å². The lowest BCUT2D eigenvalue weighted by Crippen LogP contribution is -2.47. The fourth-order valence-corrected chi connectivity index (χ4v) is 3.81. The second-order valence-electron chi connectivity index (χ2n) is 6.25. The van der Waals surface area contributed by atoms with E-state index in [0.717, 1.165) is 25.9 Å². The van der Waals surface area contributed by atoms with Gasteiger partial charge in [0.1, 0.15) is 12.7 Å². The average Bonchev–Trinajstić information content (AvgIpc) is 3.18. The first-order valence-electron chi connectivity index (χ1n) is 8.08. The van der Waals surface area contributed by atoms with Crippen LogP contribution in [0.25, 0.3) is 0 Å². The number of likely N-dealkylation sites (tertiary alicyclic amines) is 2. The molecule has 1 amide bonds. The number of carbonyl (C=O) groups is 1. The van der Waals surface area contributed by atoms with Gasteiger partial charge in [-0.2, -0.15) is 5.10 Å². The van der Waals surface area contributed by atoms with Crippen molar-refractivity contribution in [2.75, 3.05) is 20.1 Å². The van der Waals surface area contributed by atoms with Gasteiger partial charge >= 0.3 is 0 Å². The van der Waals surface area contributed by atoms with Gasteiger partial charge in [-0.1, -0.05) is 0 Å². The van der Waals surface area contributed by atoms with Gasteiger partial charge in [0, 0.05) is 31.6 Å². The fourth-order valence-electron chi connectivity index (χ4n) is 3.81. The van der Waals surface area contributed by atoms with Crippen molar-refractivity contribution < 1.29 is 4.79 Å². The molecule has 0 aromatic carbocycles. The van der Waals surface area contributed by atoms with Crippen LogP contribution in [0.3, 0.4) is 0 Å². The number of rotatable bonds is 5. The van der Waals surface area contributed by atoms with E-state index in [0.29, 0.717) is 24.4 Å². The highest BCUT2D eigenvalue weighted by Gasteiger charge is 2.37. The van der Waals surface area contributed by atoms with E-state index in [1.807, 2.05) is 0 Å². The average molecular weight is 291 g/mol. The van der Waals surface area contributed by atoms with Crippen LogP contribution < -0.4 is 0 Å². The van der Waals surface area contributed by atoms with E-state index in [9.17, 15) is 4.79 Å². The maximum Gasteiger partial charge on any atom is 0.222 e. The minimum absolute atomic E-state index is 0.318. The molecule has 6 heteroatoms. The predicted octanol–water partition coefficient (Wildman–Crippen LogP) is 1.14. The standard InChI is InChI=1S/C15H25N5O/c1-18-8-2-5-13(18)14-6-3-10-20(14)15(21)7-4-9-19-12-16-11-17-19/h11-14H,2-10H2,1H3/t13-,14-/m1/s1. The molecular formula is C15H25N5O. The Morgan fingerprint density at radius 3 is 2.76 bits per heavy atom. The zero-order chi connectivity index (χ0) is 14.7. The molecule has 1 aromatic rings. The molecule has 0 spiro atoms. The summed E-state index contributed by atoms with van der Waals surface area (Å²) >= 11 is 0. The Morgan fingerprint density at radius 1 is 1.24 bits per heavy atom. The minimum Gasteiger partial charge on any atom is -0.338 e. The van der Waals surface area contributed by atoms with E-state index in [1.54, 1.807) is 11.0 Å². The van der Waals surface area contributed by atoms with Crippen molar-refractivity contribution in [2.45, 2.75) is 57.2 Å². The van der Waals surface area contributed by atoms with Crippen molar-refractivity contribution in [1.29, 1.82) is 0 Å². The molecule has 6 nitrogen and oxygen atoms in total. The van der Waals surface area contributed by atoms with E-state index < -0.39 is 0 Å². The molecule has 21 heavy (non-hydrogen) atoms. The summed E-state index contributed by atoms with van der Waals surface area (Å²) in [5.74, 6) is 0.318. The number of likely N-dealkylation sites (N-methyl/N-ethyl adjacent to an activating group) is 1. The predicted molar refractivity (Wildman–Crippen MR) is 79.6 cm³/mol. The Labute approximate surface area is 126 Å². The van der Waals surface area contributed by atoms with Crippen molar-refractivity contribution >= 4 is 5.91 Å². The summed E-state index contributed by atoms with van der Waals surface area (Å²) < 4.78 is 1.79. The molecule has 2 fully saturated rings. The van der Waals surface area contributed by atoms with Gasteiger partial charge in [-0.25, -0.2) is 4.98 Å². The molecule has 0 radical (unpaired) electrons. The van der Waals surface area contributed by atoms with E-state index in [-0.39, 0.29) is 0 Å². The third-order valence-corrected chi connectivity index (χ3v) is 4.89. The molecule has 3 heterocycles. The number of amides is 1. The van der Waals surface area contributed by atoms with Crippen molar-refractivity contribution in [3.05, 3.63) is 12.7 Å². The van der Waals surface area contributed by atoms with Crippen LogP contribution in [-0.2, 0) is 11.3 Å². The summed E-state index contributed by atoms with van der Waals surface area (Å²) in [7, 11) is 2.20. The lowest BCUT2D eigenvalue weighted by molar-refractivity contribution is -0.133. The monoisotopic (exact) mass is 291 g/mol. The number of hydrogen-bond donors (Lipinski definition) is 0. The summed E-state index contributed by atoms with van der Waals surface area (Å²) in [6.07, 6.45) is 9.53. The lowest BCUT2D eigenvalue weighted by atomic mass is 10.0. The zero-order valence-electron chi connectivity index (χ0n) is 12.8. The van der Waals surface area contributed by atoms with Crippen LogP contribution in [0.1, 0.15) is 38.5 Å². The van der Waals surface area contributed by atoms with Crippen molar-refractivity contribution in [2.24, 2.45) is 0 Å². The normalized spacial score (nSPS) is 26.6. The molecule has 2 aliphatic heterocycles. The van der Waals surface area contributed by atoms with Crippen molar-refractivity contribution in [1.82, 2.24) is 24.6 Å². The second kappa shape index (κ2) is 6.56. The number of aromatic nitrogens is 3. The Kier molecular flexibility index (Phi) is 4.53. The molecule has 3 rings (SSSR count). The van der Waals surface area contributed by atoms with Crippen LogP contribution in [0.2, 0.25) is 0 Å². The minimum atomic E-state index is 0.318. The molecular weight excluding hydrogens is 266 g/mol. The van der Waals surface area contributed by atoms with Gasteiger partial charge in [-0.3, -0.25) is 9.48 Å². The molecule has 0 saturated carbocycles. The highest BCUT2D eigenvalue weighted by atomic mass is 16.2. The second-order valence-corrected chi connectivity index (χ2v) is 6.25. The van der Waals surface area contributed by atoms with E-state index in [1.165, 1.54) is 32.1 Å². The third kappa shape index (κ3) is 3.26. The lowest BCUT2D eigenvalue weighted by Gasteiger charge is -2.33. The number of aryl methyl sites for hydroxylation is 1. The van der Waals surface area contributed by atoms with Crippen LogP contribution in [0.5, 0.6) is 0 Å². The van der Waals surface area contributed by atoms with Gasteiger partial charge in [0.2, 0.25) is 5.91 Å². The Balaban J connectivity index is 1.51. The van der Waals surface area contributed by atoms with Crippen LogP contribution in [0, 0.1) is 0 Å². The molecule has 2 aliphatic rings. The summed E-state index contributed by atoms with van der Waals surface area (Å²) in [6, 6.07) is 1.02. The maximum absolute atomic E-state index is 12.5. The molecule has 2 atom stereocenters. The maximum atomic E-state index is 12.5. The fraction of sp³-hybridized carbons (Fsp3) is 0.800.